The Kier molecular flexibility index (Phi) is 5.23. The van der Waals surface area contributed by atoms with Gasteiger partial charge in [0.05, 0.1) is 0 Å². The lowest BCUT2D eigenvalue weighted by Crippen LogP contribution is -2.42. The van der Waals surface area contributed by atoms with E-state index in [2.05, 4.69) is 0 Å². The monoisotopic (exact) mass is 295 g/mol. The van der Waals surface area contributed by atoms with Crippen LogP contribution in [0.2, 0.25) is 0 Å². The summed E-state index contributed by atoms with van der Waals surface area (Å²) < 4.78 is 0. The summed E-state index contributed by atoms with van der Waals surface area (Å²) in [5, 5.41) is 11.9. The van der Waals surface area contributed by atoms with Crippen molar-refractivity contribution in [3.05, 3.63) is 71.8 Å². The normalized spacial score (nSPS) is 11.2. The van der Waals surface area contributed by atoms with E-state index >= 15 is 0 Å². The second-order valence-corrected chi connectivity index (χ2v) is 5.37. The van der Waals surface area contributed by atoms with E-state index in [0.717, 1.165) is 0 Å². The van der Waals surface area contributed by atoms with Crippen molar-refractivity contribution in [3.8, 4) is 0 Å². The predicted octanol–water partition coefficient (Wildman–Crippen LogP) is 3.97. The number of rotatable bonds is 7. The zero-order valence-electron chi connectivity index (χ0n) is 12.6. The summed E-state index contributed by atoms with van der Waals surface area (Å²) in [7, 11) is 0. The van der Waals surface area contributed by atoms with E-state index in [1.807, 2.05) is 6.92 Å². The summed E-state index contributed by atoms with van der Waals surface area (Å²) in [6.45, 7) is 1.14. The van der Waals surface area contributed by atoms with Crippen molar-refractivity contribution in [2.75, 3.05) is 6.61 Å². The maximum absolute atomic E-state index is 12.9. The fourth-order valence-corrected chi connectivity index (χ4v) is 2.69. The van der Waals surface area contributed by atoms with E-state index in [0.29, 0.717) is 17.5 Å². The van der Waals surface area contributed by atoms with Crippen molar-refractivity contribution in [2.24, 2.45) is 5.41 Å². The van der Waals surface area contributed by atoms with Crippen LogP contribution in [0.4, 0.5) is 0 Å². The average molecular weight is 295 g/mol. The van der Waals surface area contributed by atoms with Gasteiger partial charge in [-0.05, 0) is 6.42 Å². The molecule has 0 heterocycles. The van der Waals surface area contributed by atoms with Gasteiger partial charge in [-0.25, -0.2) is 5.11 Å². The molecular weight excluding hydrogens is 276 g/mol. The molecule has 0 N–H and O–H groups in total. The maximum atomic E-state index is 12.9. The van der Waals surface area contributed by atoms with Crippen molar-refractivity contribution in [1.29, 1.82) is 0 Å². The molecule has 3 nitrogen and oxygen atoms in total. The van der Waals surface area contributed by atoms with Crippen LogP contribution in [-0.4, -0.2) is 18.2 Å². The SMILES string of the molecule is CCCC(C[O])(C(=O)c1ccccc1)C(=O)c1ccccc1. The van der Waals surface area contributed by atoms with Gasteiger partial charge in [0, 0.05) is 11.1 Å². The van der Waals surface area contributed by atoms with Gasteiger partial charge in [-0.3, -0.25) is 9.59 Å². The highest BCUT2D eigenvalue weighted by Crippen LogP contribution is 2.33. The standard InChI is InChI=1S/C19H19O3/c1-2-13-19(14-20,17(21)15-9-5-3-6-10-15)18(22)16-11-7-4-8-12-16/h3-12H,2,13-14H2,1H3. The molecule has 0 unspecified atom stereocenters. The first-order valence-electron chi connectivity index (χ1n) is 7.43. The van der Waals surface area contributed by atoms with E-state index in [1.165, 1.54) is 0 Å². The Balaban J connectivity index is 2.48. The van der Waals surface area contributed by atoms with Gasteiger partial charge in [0.15, 0.2) is 11.6 Å². The van der Waals surface area contributed by atoms with Crippen LogP contribution in [0.3, 0.4) is 0 Å². The molecule has 0 bridgehead atoms. The first-order valence-corrected chi connectivity index (χ1v) is 7.43. The van der Waals surface area contributed by atoms with E-state index in [9.17, 15) is 14.7 Å². The van der Waals surface area contributed by atoms with Crippen molar-refractivity contribution >= 4 is 11.6 Å². The summed E-state index contributed by atoms with van der Waals surface area (Å²) in [5.74, 6) is -0.752. The zero-order chi connectivity index (χ0) is 16.0. The molecule has 113 valence electrons. The topological polar surface area (TPSA) is 54.0 Å². The molecule has 0 aliphatic heterocycles. The van der Waals surface area contributed by atoms with Gasteiger partial charge in [-0.1, -0.05) is 74.0 Å². The third kappa shape index (κ3) is 3.00. The van der Waals surface area contributed by atoms with Crippen molar-refractivity contribution < 1.29 is 14.7 Å². The molecule has 3 heteroatoms. The second kappa shape index (κ2) is 7.14. The van der Waals surface area contributed by atoms with E-state index in [4.69, 9.17) is 0 Å². The van der Waals surface area contributed by atoms with Crippen LogP contribution in [0.25, 0.3) is 0 Å². The number of carbonyl (C=O) groups is 2. The van der Waals surface area contributed by atoms with Crippen molar-refractivity contribution in [1.82, 2.24) is 0 Å². The van der Waals surface area contributed by atoms with Crippen LogP contribution in [-0.2, 0) is 5.11 Å². The summed E-state index contributed by atoms with van der Waals surface area (Å²) >= 11 is 0. The Bertz CT molecular complexity index is 581. The molecule has 2 aromatic carbocycles. The van der Waals surface area contributed by atoms with Crippen LogP contribution in [0.5, 0.6) is 0 Å². The Morgan fingerprint density at radius 2 is 1.23 bits per heavy atom. The summed E-state index contributed by atoms with van der Waals surface area (Å²) in [6, 6.07) is 17.2. The minimum Gasteiger partial charge on any atom is -0.293 e. The minimum absolute atomic E-state index is 0.262. The fraction of sp³-hybridized carbons (Fsp3) is 0.263. The minimum atomic E-state index is -1.52. The quantitative estimate of drug-likeness (QED) is 0.573. The molecule has 0 aliphatic carbocycles. The Labute approximate surface area is 130 Å². The lowest BCUT2D eigenvalue weighted by Gasteiger charge is -2.28. The van der Waals surface area contributed by atoms with Crippen LogP contribution in [0.15, 0.2) is 60.7 Å². The van der Waals surface area contributed by atoms with Gasteiger partial charge < -0.3 is 0 Å². The molecule has 0 aromatic heterocycles. The molecule has 0 atom stereocenters. The molecule has 22 heavy (non-hydrogen) atoms. The highest BCUT2D eigenvalue weighted by molar-refractivity contribution is 6.19. The molecule has 0 aliphatic rings. The maximum Gasteiger partial charge on any atom is 0.179 e. The van der Waals surface area contributed by atoms with E-state index in [1.54, 1.807) is 60.7 Å². The van der Waals surface area contributed by atoms with Crippen molar-refractivity contribution in [3.63, 3.8) is 0 Å². The molecule has 2 rings (SSSR count). The van der Waals surface area contributed by atoms with E-state index < -0.39 is 12.0 Å². The number of Topliss-reactive ketones (excluding diaryl/α,β-unsaturated/α-hetero) is 2. The number of ketones is 2. The summed E-state index contributed by atoms with van der Waals surface area (Å²) in [4.78, 5) is 25.8. The molecule has 0 saturated carbocycles. The number of hydrogen-bond acceptors (Lipinski definition) is 2. The summed E-state index contributed by atoms with van der Waals surface area (Å²) in [6.07, 6.45) is 0.858. The molecule has 0 amide bonds. The Morgan fingerprint density at radius 1 is 0.818 bits per heavy atom. The summed E-state index contributed by atoms with van der Waals surface area (Å²) in [5.41, 5.74) is -0.690. The fourth-order valence-electron chi connectivity index (χ4n) is 2.69. The lowest BCUT2D eigenvalue weighted by atomic mass is 9.72. The van der Waals surface area contributed by atoms with Gasteiger partial charge in [0.2, 0.25) is 0 Å². The highest BCUT2D eigenvalue weighted by Gasteiger charge is 2.45. The first kappa shape index (κ1) is 16.1. The number of carbonyl (C=O) groups excluding carboxylic acids is 2. The molecule has 2 aromatic rings. The van der Waals surface area contributed by atoms with Gasteiger partial charge >= 0.3 is 0 Å². The Hall–Kier alpha value is -2.26. The molecule has 0 saturated heterocycles. The van der Waals surface area contributed by atoms with Gasteiger partial charge in [0.1, 0.15) is 12.0 Å². The Morgan fingerprint density at radius 3 is 1.55 bits per heavy atom. The van der Waals surface area contributed by atoms with Gasteiger partial charge in [-0.2, -0.15) is 0 Å². The lowest BCUT2D eigenvalue weighted by molar-refractivity contribution is 0.0389. The van der Waals surface area contributed by atoms with Crippen molar-refractivity contribution in [2.45, 2.75) is 19.8 Å². The van der Waals surface area contributed by atoms with Crippen LogP contribution in [0.1, 0.15) is 40.5 Å². The van der Waals surface area contributed by atoms with Crippen LogP contribution >= 0.6 is 0 Å². The highest BCUT2D eigenvalue weighted by atomic mass is 16.3. The zero-order valence-corrected chi connectivity index (χ0v) is 12.6. The average Bonchev–Trinajstić information content (AvgIpc) is 2.60. The number of hydrogen-bond donors (Lipinski definition) is 0. The predicted molar refractivity (Wildman–Crippen MR) is 84.4 cm³/mol. The third-order valence-electron chi connectivity index (χ3n) is 3.86. The first-order chi connectivity index (χ1) is 10.7. The van der Waals surface area contributed by atoms with Gasteiger partial charge in [-0.15, -0.1) is 0 Å². The van der Waals surface area contributed by atoms with Gasteiger partial charge in [0.25, 0.3) is 0 Å². The molecule has 1 radical (unpaired) electrons. The van der Waals surface area contributed by atoms with Crippen LogP contribution < -0.4 is 0 Å². The molecule has 0 fully saturated rings. The van der Waals surface area contributed by atoms with Crippen LogP contribution in [0, 0.1) is 5.41 Å². The third-order valence-corrected chi connectivity index (χ3v) is 3.86. The molecule has 0 spiro atoms. The smallest absolute Gasteiger partial charge is 0.179 e. The second-order valence-electron chi connectivity index (χ2n) is 5.37. The molecular formula is C19H19O3. The van der Waals surface area contributed by atoms with E-state index in [-0.39, 0.29) is 18.0 Å². The largest absolute Gasteiger partial charge is 0.293 e. The number of benzene rings is 2.